The number of nitrogens with zero attached hydrogens (tertiary/aromatic N) is 3. The topological polar surface area (TPSA) is 80.9 Å². The molecule has 2 heterocycles. The van der Waals surface area contributed by atoms with Crippen LogP contribution in [0.3, 0.4) is 0 Å². The normalized spacial score (nSPS) is 10.1. The molecule has 0 atom stereocenters. The summed E-state index contributed by atoms with van der Waals surface area (Å²) in [6, 6.07) is 3.03. The molecule has 6 nitrogen and oxygen atoms in total. The average molecular weight is 239 g/mol. The predicted octanol–water partition coefficient (Wildman–Crippen LogP) is 1.68. The molecule has 2 aromatic heterocycles. The summed E-state index contributed by atoms with van der Waals surface area (Å²) in [6.45, 7) is 1.69. The number of hydrogen-bond acceptors (Lipinski definition) is 5. The Morgan fingerprint density at radius 1 is 1.56 bits per heavy atom. The van der Waals surface area contributed by atoms with Crippen LogP contribution in [0.15, 0.2) is 22.9 Å². The molecule has 7 heteroatoms. The van der Waals surface area contributed by atoms with Gasteiger partial charge in [-0.15, -0.1) is 0 Å². The minimum absolute atomic E-state index is 0.123. The van der Waals surface area contributed by atoms with Gasteiger partial charge >= 0.3 is 0 Å². The summed E-state index contributed by atoms with van der Waals surface area (Å²) in [7, 11) is 0. The fourth-order valence-corrected chi connectivity index (χ4v) is 1.17. The van der Waals surface area contributed by atoms with Gasteiger partial charge in [-0.05, 0) is 13.0 Å². The number of amides is 1. The van der Waals surface area contributed by atoms with Gasteiger partial charge in [0.2, 0.25) is 5.95 Å². The zero-order valence-electron chi connectivity index (χ0n) is 8.27. The number of rotatable bonds is 2. The van der Waals surface area contributed by atoms with E-state index in [9.17, 15) is 4.79 Å². The van der Waals surface area contributed by atoms with Crippen molar-refractivity contribution in [3.05, 3.63) is 34.9 Å². The van der Waals surface area contributed by atoms with Gasteiger partial charge in [0, 0.05) is 12.3 Å². The summed E-state index contributed by atoms with van der Waals surface area (Å²) in [6.07, 6.45) is 1.44. The Balaban J connectivity index is 2.13. The van der Waals surface area contributed by atoms with E-state index in [1.807, 2.05) is 0 Å². The van der Waals surface area contributed by atoms with E-state index in [4.69, 9.17) is 16.1 Å². The molecule has 82 valence electrons. The Morgan fingerprint density at radius 3 is 3.00 bits per heavy atom. The molecule has 0 fully saturated rings. The van der Waals surface area contributed by atoms with Gasteiger partial charge in [-0.3, -0.25) is 10.1 Å². The van der Waals surface area contributed by atoms with Crippen LogP contribution in [0, 0.1) is 6.92 Å². The van der Waals surface area contributed by atoms with E-state index in [-0.39, 0.29) is 16.8 Å². The first-order chi connectivity index (χ1) is 7.65. The zero-order chi connectivity index (χ0) is 11.5. The minimum atomic E-state index is -0.445. The number of anilines is 1. The number of halogens is 1. The lowest BCUT2D eigenvalue weighted by Crippen LogP contribution is -2.14. The SMILES string of the molecule is Cc1cc(C(=O)Nc2nccc(Cl)n2)no1. The van der Waals surface area contributed by atoms with Crippen LogP contribution in [0.25, 0.3) is 0 Å². The lowest BCUT2D eigenvalue weighted by Gasteiger charge is -1.99. The van der Waals surface area contributed by atoms with Crippen molar-refractivity contribution in [2.24, 2.45) is 0 Å². The molecule has 1 amide bonds. The first-order valence-corrected chi connectivity index (χ1v) is 4.76. The number of aryl methyl sites for hydroxylation is 1. The van der Waals surface area contributed by atoms with Crippen LogP contribution in [0.2, 0.25) is 5.15 Å². The molecule has 0 aliphatic heterocycles. The quantitative estimate of drug-likeness (QED) is 0.805. The van der Waals surface area contributed by atoms with Crippen LogP contribution in [0.5, 0.6) is 0 Å². The summed E-state index contributed by atoms with van der Waals surface area (Å²) >= 11 is 5.64. The maximum atomic E-state index is 11.6. The number of hydrogen-bond donors (Lipinski definition) is 1. The summed E-state index contributed by atoms with van der Waals surface area (Å²) < 4.78 is 4.77. The van der Waals surface area contributed by atoms with Crippen molar-refractivity contribution in [3.63, 3.8) is 0 Å². The van der Waals surface area contributed by atoms with E-state index in [1.165, 1.54) is 18.3 Å². The lowest BCUT2D eigenvalue weighted by molar-refractivity contribution is 0.101. The predicted molar refractivity (Wildman–Crippen MR) is 56.2 cm³/mol. The summed E-state index contributed by atoms with van der Waals surface area (Å²) in [5.74, 6) is 0.231. The highest BCUT2D eigenvalue weighted by molar-refractivity contribution is 6.29. The molecule has 0 bridgehead atoms. The van der Waals surface area contributed by atoms with E-state index in [0.717, 1.165) is 0 Å². The number of carbonyl (C=O) groups is 1. The molecular formula is C9H7ClN4O2. The van der Waals surface area contributed by atoms with Crippen molar-refractivity contribution < 1.29 is 9.32 Å². The van der Waals surface area contributed by atoms with Crippen molar-refractivity contribution >= 4 is 23.5 Å². The Kier molecular flexibility index (Phi) is 2.82. The Labute approximate surface area is 95.6 Å². The monoisotopic (exact) mass is 238 g/mol. The number of aromatic nitrogens is 3. The minimum Gasteiger partial charge on any atom is -0.361 e. The molecule has 0 saturated carbocycles. The smallest absolute Gasteiger partial charge is 0.280 e. The van der Waals surface area contributed by atoms with Gasteiger partial charge in [0.1, 0.15) is 10.9 Å². The van der Waals surface area contributed by atoms with E-state index < -0.39 is 5.91 Å². The second kappa shape index (κ2) is 4.28. The third-order valence-electron chi connectivity index (χ3n) is 1.71. The maximum Gasteiger partial charge on any atom is 0.280 e. The molecule has 0 unspecified atom stereocenters. The fourth-order valence-electron chi connectivity index (χ4n) is 1.04. The Bertz CT molecular complexity index is 526. The van der Waals surface area contributed by atoms with Gasteiger partial charge in [0.05, 0.1) is 0 Å². The van der Waals surface area contributed by atoms with E-state index in [2.05, 4.69) is 20.4 Å². The van der Waals surface area contributed by atoms with Gasteiger partial charge in [0.25, 0.3) is 5.91 Å². The zero-order valence-corrected chi connectivity index (χ0v) is 9.02. The molecule has 16 heavy (non-hydrogen) atoms. The summed E-state index contributed by atoms with van der Waals surface area (Å²) in [5, 5.41) is 6.25. The highest BCUT2D eigenvalue weighted by atomic mass is 35.5. The molecular weight excluding hydrogens is 232 g/mol. The highest BCUT2D eigenvalue weighted by Gasteiger charge is 2.12. The molecule has 2 aromatic rings. The van der Waals surface area contributed by atoms with E-state index >= 15 is 0 Å². The van der Waals surface area contributed by atoms with Gasteiger partial charge in [0.15, 0.2) is 5.69 Å². The van der Waals surface area contributed by atoms with E-state index in [1.54, 1.807) is 6.92 Å². The standard InChI is InChI=1S/C9H7ClN4O2/c1-5-4-6(14-16-5)8(15)13-9-11-3-2-7(10)12-9/h2-4H,1H3,(H,11,12,13,15). The maximum absolute atomic E-state index is 11.6. The van der Waals surface area contributed by atoms with Gasteiger partial charge in [-0.2, -0.15) is 0 Å². The molecule has 1 N–H and O–H groups in total. The molecule has 0 aliphatic carbocycles. The largest absolute Gasteiger partial charge is 0.361 e. The molecule has 0 aliphatic rings. The van der Waals surface area contributed by atoms with Crippen LogP contribution in [0.1, 0.15) is 16.2 Å². The van der Waals surface area contributed by atoms with E-state index in [0.29, 0.717) is 5.76 Å². The first-order valence-electron chi connectivity index (χ1n) is 4.38. The third kappa shape index (κ3) is 2.34. The highest BCUT2D eigenvalue weighted by Crippen LogP contribution is 2.08. The molecule has 0 aromatic carbocycles. The molecule has 2 rings (SSSR count). The number of nitrogens with one attached hydrogen (secondary N) is 1. The number of carbonyl (C=O) groups excluding carboxylic acids is 1. The molecule has 0 radical (unpaired) electrons. The Morgan fingerprint density at radius 2 is 2.38 bits per heavy atom. The molecule has 0 saturated heterocycles. The van der Waals surface area contributed by atoms with Crippen molar-refractivity contribution in [2.45, 2.75) is 6.92 Å². The van der Waals surface area contributed by atoms with Crippen LogP contribution in [-0.4, -0.2) is 21.0 Å². The van der Waals surface area contributed by atoms with Crippen molar-refractivity contribution in [1.82, 2.24) is 15.1 Å². The van der Waals surface area contributed by atoms with Crippen molar-refractivity contribution in [1.29, 1.82) is 0 Å². The van der Waals surface area contributed by atoms with Gasteiger partial charge < -0.3 is 4.52 Å². The molecule has 0 spiro atoms. The first kappa shape index (κ1) is 10.6. The van der Waals surface area contributed by atoms with Crippen molar-refractivity contribution in [2.75, 3.05) is 5.32 Å². The van der Waals surface area contributed by atoms with Crippen LogP contribution in [0.4, 0.5) is 5.95 Å². The Hall–Kier alpha value is -1.95. The second-order valence-corrected chi connectivity index (χ2v) is 3.37. The van der Waals surface area contributed by atoms with Crippen LogP contribution >= 0.6 is 11.6 Å². The van der Waals surface area contributed by atoms with Gasteiger partial charge in [-0.1, -0.05) is 16.8 Å². The fraction of sp³-hybridized carbons (Fsp3) is 0.111. The lowest BCUT2D eigenvalue weighted by atomic mass is 10.3. The van der Waals surface area contributed by atoms with Crippen LogP contribution in [-0.2, 0) is 0 Å². The third-order valence-corrected chi connectivity index (χ3v) is 1.92. The second-order valence-electron chi connectivity index (χ2n) is 2.98. The van der Waals surface area contributed by atoms with Crippen molar-refractivity contribution in [3.8, 4) is 0 Å². The average Bonchev–Trinajstić information content (AvgIpc) is 2.65. The van der Waals surface area contributed by atoms with Crippen LogP contribution < -0.4 is 5.32 Å². The van der Waals surface area contributed by atoms with Gasteiger partial charge in [-0.25, -0.2) is 9.97 Å². The summed E-state index contributed by atoms with van der Waals surface area (Å²) in [5.41, 5.74) is 0.168. The summed E-state index contributed by atoms with van der Waals surface area (Å²) in [4.78, 5) is 19.2.